The highest BCUT2D eigenvalue weighted by molar-refractivity contribution is 9.10. The molecule has 1 heterocycles. The maximum absolute atomic E-state index is 6.09. The van der Waals surface area contributed by atoms with Crippen LogP contribution < -0.4 is 14.4 Å². The molecule has 0 aromatic heterocycles. The van der Waals surface area contributed by atoms with E-state index in [9.17, 15) is 0 Å². The Bertz CT molecular complexity index is 397. The van der Waals surface area contributed by atoms with Gasteiger partial charge in [-0.2, -0.15) is 0 Å². The quantitative estimate of drug-likeness (QED) is 0.794. The second-order valence-corrected chi connectivity index (χ2v) is 4.52. The average molecular weight is 293 g/mol. The van der Waals surface area contributed by atoms with Gasteiger partial charge in [-0.3, -0.25) is 0 Å². The summed E-state index contributed by atoms with van der Waals surface area (Å²) in [5, 5.41) is 0.584. The first-order chi connectivity index (χ1) is 7.15. The number of methoxy groups -OCH3 is 1. The number of nitrogens with zero attached hydrogens (tertiary/aromatic N) is 1. The molecule has 0 saturated heterocycles. The lowest BCUT2D eigenvalue weighted by atomic mass is 10.2. The fourth-order valence-corrected chi connectivity index (χ4v) is 2.67. The molecular weight excluding hydrogens is 281 g/mol. The zero-order valence-electron chi connectivity index (χ0n) is 8.51. The Hall–Kier alpha value is -0.610. The third-order valence-electron chi connectivity index (χ3n) is 2.40. The average Bonchev–Trinajstić information content (AvgIpc) is 2.20. The molecule has 0 bridgehead atoms. The summed E-state index contributed by atoms with van der Waals surface area (Å²) in [5.74, 6) is 1.41. The van der Waals surface area contributed by atoms with E-state index in [1.54, 1.807) is 7.11 Å². The van der Waals surface area contributed by atoms with Crippen LogP contribution in [0.2, 0.25) is 5.02 Å². The lowest BCUT2D eigenvalue weighted by Gasteiger charge is -2.29. The van der Waals surface area contributed by atoms with Gasteiger partial charge >= 0.3 is 0 Å². The van der Waals surface area contributed by atoms with Crippen LogP contribution in [0.4, 0.5) is 5.69 Å². The van der Waals surface area contributed by atoms with Crippen LogP contribution in [0.3, 0.4) is 0 Å². The summed E-state index contributed by atoms with van der Waals surface area (Å²) < 4.78 is 11.6. The Labute approximate surface area is 102 Å². The van der Waals surface area contributed by atoms with Crippen LogP contribution >= 0.6 is 27.5 Å². The van der Waals surface area contributed by atoms with Crippen LogP contribution in [0.25, 0.3) is 0 Å². The van der Waals surface area contributed by atoms with Gasteiger partial charge in [0.15, 0.2) is 11.5 Å². The number of ether oxygens (including phenoxy) is 2. The number of halogens is 2. The zero-order chi connectivity index (χ0) is 11.0. The summed E-state index contributed by atoms with van der Waals surface area (Å²) in [6, 6.07) is 1.86. The number of fused-ring (bicyclic) bond motifs is 1. The van der Waals surface area contributed by atoms with Crippen molar-refractivity contribution in [2.24, 2.45) is 0 Å². The van der Waals surface area contributed by atoms with Crippen molar-refractivity contribution >= 4 is 33.2 Å². The molecular formula is C10H11BrClNO2. The largest absolute Gasteiger partial charge is 0.494 e. The van der Waals surface area contributed by atoms with Crippen LogP contribution in [0.5, 0.6) is 11.5 Å². The number of likely N-dealkylation sites (N-methyl/N-ethyl adjacent to an activating group) is 1. The molecule has 0 radical (unpaired) electrons. The van der Waals surface area contributed by atoms with Crippen molar-refractivity contribution in [3.63, 3.8) is 0 Å². The molecule has 0 unspecified atom stereocenters. The summed E-state index contributed by atoms with van der Waals surface area (Å²) in [4.78, 5) is 2.11. The predicted octanol–water partition coefficient (Wildman–Crippen LogP) is 2.94. The topological polar surface area (TPSA) is 21.7 Å². The first-order valence-corrected chi connectivity index (χ1v) is 5.72. The van der Waals surface area contributed by atoms with Gasteiger partial charge in [0.25, 0.3) is 0 Å². The van der Waals surface area contributed by atoms with Crippen LogP contribution in [0, 0.1) is 0 Å². The van der Waals surface area contributed by atoms with Crippen molar-refractivity contribution in [3.05, 3.63) is 15.6 Å². The van der Waals surface area contributed by atoms with E-state index < -0.39 is 0 Å². The van der Waals surface area contributed by atoms with E-state index in [1.165, 1.54) is 0 Å². The SMILES string of the molecule is COc1c(Cl)cc2c(c1Br)OCCN2C. The minimum Gasteiger partial charge on any atom is -0.494 e. The molecule has 5 heteroatoms. The number of hydrogen-bond acceptors (Lipinski definition) is 3. The first kappa shape index (κ1) is 10.9. The zero-order valence-corrected chi connectivity index (χ0v) is 10.9. The highest BCUT2D eigenvalue weighted by Crippen LogP contribution is 2.47. The Morgan fingerprint density at radius 3 is 3.00 bits per heavy atom. The molecule has 0 atom stereocenters. The van der Waals surface area contributed by atoms with Crippen molar-refractivity contribution in [2.45, 2.75) is 0 Å². The number of rotatable bonds is 1. The molecule has 1 aromatic rings. The lowest BCUT2D eigenvalue weighted by Crippen LogP contribution is -2.29. The molecule has 1 aliphatic rings. The third kappa shape index (κ3) is 1.76. The van der Waals surface area contributed by atoms with Crippen LogP contribution in [0.1, 0.15) is 0 Å². The van der Waals surface area contributed by atoms with Gasteiger partial charge in [-0.05, 0) is 22.0 Å². The van der Waals surface area contributed by atoms with Crippen LogP contribution in [0.15, 0.2) is 10.5 Å². The Morgan fingerprint density at radius 1 is 1.60 bits per heavy atom. The van der Waals surface area contributed by atoms with Gasteiger partial charge < -0.3 is 14.4 Å². The molecule has 0 N–H and O–H groups in total. The molecule has 1 aromatic carbocycles. The summed E-state index contributed by atoms with van der Waals surface area (Å²) in [5.41, 5.74) is 0.985. The van der Waals surface area contributed by atoms with E-state index in [0.29, 0.717) is 17.4 Å². The second kappa shape index (κ2) is 4.10. The van der Waals surface area contributed by atoms with Crippen molar-refractivity contribution in [2.75, 3.05) is 32.2 Å². The second-order valence-electron chi connectivity index (χ2n) is 3.32. The minimum atomic E-state index is 0.584. The van der Waals surface area contributed by atoms with Crippen LogP contribution in [-0.2, 0) is 0 Å². The molecule has 1 aliphatic heterocycles. The monoisotopic (exact) mass is 291 g/mol. The first-order valence-electron chi connectivity index (χ1n) is 4.55. The number of benzene rings is 1. The van der Waals surface area contributed by atoms with Crippen molar-refractivity contribution < 1.29 is 9.47 Å². The predicted molar refractivity (Wildman–Crippen MR) is 64.5 cm³/mol. The van der Waals surface area contributed by atoms with E-state index in [1.807, 2.05) is 13.1 Å². The van der Waals surface area contributed by atoms with Gasteiger partial charge in [0, 0.05) is 7.05 Å². The molecule has 2 rings (SSSR count). The van der Waals surface area contributed by atoms with E-state index in [-0.39, 0.29) is 0 Å². The fourth-order valence-electron chi connectivity index (χ4n) is 1.58. The van der Waals surface area contributed by atoms with E-state index in [4.69, 9.17) is 21.1 Å². The summed E-state index contributed by atoms with van der Waals surface area (Å²) in [6.07, 6.45) is 0. The van der Waals surface area contributed by atoms with E-state index in [0.717, 1.165) is 22.5 Å². The van der Waals surface area contributed by atoms with E-state index in [2.05, 4.69) is 20.8 Å². The number of hydrogen-bond donors (Lipinski definition) is 0. The molecule has 15 heavy (non-hydrogen) atoms. The lowest BCUT2D eigenvalue weighted by molar-refractivity contribution is 0.306. The van der Waals surface area contributed by atoms with Crippen molar-refractivity contribution in [1.82, 2.24) is 0 Å². The fraction of sp³-hybridized carbons (Fsp3) is 0.400. The van der Waals surface area contributed by atoms with Crippen LogP contribution in [-0.4, -0.2) is 27.3 Å². The molecule has 0 amide bonds. The van der Waals surface area contributed by atoms with E-state index >= 15 is 0 Å². The molecule has 82 valence electrons. The maximum atomic E-state index is 6.09. The number of anilines is 1. The van der Waals surface area contributed by atoms with Crippen molar-refractivity contribution in [1.29, 1.82) is 0 Å². The van der Waals surface area contributed by atoms with Gasteiger partial charge in [0.05, 0.1) is 24.4 Å². The maximum Gasteiger partial charge on any atom is 0.160 e. The van der Waals surface area contributed by atoms with Gasteiger partial charge in [0.1, 0.15) is 11.1 Å². The summed E-state index contributed by atoms with van der Waals surface area (Å²) in [6.45, 7) is 1.54. The van der Waals surface area contributed by atoms with Gasteiger partial charge in [-0.1, -0.05) is 11.6 Å². The smallest absolute Gasteiger partial charge is 0.160 e. The molecule has 3 nitrogen and oxygen atoms in total. The Kier molecular flexibility index (Phi) is 2.98. The minimum absolute atomic E-state index is 0.584. The Balaban J connectivity index is 2.61. The molecule has 0 aliphatic carbocycles. The Morgan fingerprint density at radius 2 is 2.33 bits per heavy atom. The summed E-state index contributed by atoms with van der Waals surface area (Å²) in [7, 11) is 3.60. The molecule has 0 saturated carbocycles. The van der Waals surface area contributed by atoms with Crippen molar-refractivity contribution in [3.8, 4) is 11.5 Å². The standard InChI is InChI=1S/C10H11BrClNO2/c1-13-3-4-15-10-7(13)5-6(12)9(14-2)8(10)11/h5H,3-4H2,1-2H3. The van der Waals surface area contributed by atoms with Gasteiger partial charge in [0.2, 0.25) is 0 Å². The third-order valence-corrected chi connectivity index (χ3v) is 3.40. The summed E-state index contributed by atoms with van der Waals surface area (Å²) >= 11 is 9.54. The normalized spacial score (nSPS) is 14.5. The highest BCUT2D eigenvalue weighted by Gasteiger charge is 2.22. The molecule has 0 fully saturated rings. The van der Waals surface area contributed by atoms with Gasteiger partial charge in [-0.25, -0.2) is 0 Å². The molecule has 0 spiro atoms. The highest BCUT2D eigenvalue weighted by atomic mass is 79.9. The van der Waals surface area contributed by atoms with Gasteiger partial charge in [-0.15, -0.1) is 0 Å².